The fourth-order valence-corrected chi connectivity index (χ4v) is 2.21. The molecule has 0 bridgehead atoms. The topological polar surface area (TPSA) is 45.6 Å². The van der Waals surface area contributed by atoms with Crippen LogP contribution in [-0.2, 0) is 10.2 Å². The highest BCUT2D eigenvalue weighted by molar-refractivity contribution is 14.0. The van der Waals surface area contributed by atoms with Crippen molar-refractivity contribution in [1.29, 1.82) is 0 Å². The van der Waals surface area contributed by atoms with Gasteiger partial charge >= 0.3 is 0 Å². The van der Waals surface area contributed by atoms with Crippen LogP contribution in [0.15, 0.2) is 29.3 Å². The Balaban J connectivity index is 0.00000529. The first kappa shape index (κ1) is 23.1. The minimum atomic E-state index is -0.206. The number of halogens is 2. The van der Waals surface area contributed by atoms with Gasteiger partial charge in [0, 0.05) is 38.8 Å². The van der Waals surface area contributed by atoms with Crippen molar-refractivity contribution in [3.05, 3.63) is 35.6 Å². The first-order chi connectivity index (χ1) is 11.0. The van der Waals surface area contributed by atoms with Crippen molar-refractivity contribution in [3.63, 3.8) is 0 Å². The van der Waals surface area contributed by atoms with Gasteiger partial charge in [-0.25, -0.2) is 4.39 Å². The Bertz CT molecular complexity index is 478. The molecule has 138 valence electrons. The van der Waals surface area contributed by atoms with Gasteiger partial charge in [0.05, 0.1) is 0 Å². The monoisotopic (exact) mass is 451 g/mol. The molecule has 0 fully saturated rings. The normalized spacial score (nSPS) is 11.8. The lowest BCUT2D eigenvalue weighted by molar-refractivity contribution is 0.143. The maximum atomic E-state index is 13.0. The molecule has 0 atom stereocenters. The van der Waals surface area contributed by atoms with E-state index >= 15 is 0 Å². The van der Waals surface area contributed by atoms with E-state index in [1.807, 2.05) is 19.1 Å². The van der Waals surface area contributed by atoms with Crippen molar-refractivity contribution in [3.8, 4) is 0 Å². The molecule has 0 saturated carbocycles. The Kier molecular flexibility index (Phi) is 12.0. The number of benzene rings is 1. The van der Waals surface area contributed by atoms with Crippen LogP contribution in [0.2, 0.25) is 0 Å². The van der Waals surface area contributed by atoms with Crippen molar-refractivity contribution >= 4 is 29.9 Å². The maximum Gasteiger partial charge on any atom is 0.191 e. The van der Waals surface area contributed by atoms with Gasteiger partial charge in [-0.2, -0.15) is 0 Å². The smallest absolute Gasteiger partial charge is 0.191 e. The Morgan fingerprint density at radius 2 is 1.83 bits per heavy atom. The predicted molar refractivity (Wildman–Crippen MR) is 110 cm³/mol. The van der Waals surface area contributed by atoms with E-state index in [0.29, 0.717) is 0 Å². The summed E-state index contributed by atoms with van der Waals surface area (Å²) in [5.41, 5.74) is 0.985. The van der Waals surface area contributed by atoms with Gasteiger partial charge in [-0.1, -0.05) is 26.0 Å². The zero-order chi connectivity index (χ0) is 17.1. The molecular formula is C18H31FIN3O. The summed E-state index contributed by atoms with van der Waals surface area (Å²) in [7, 11) is 1.76. The molecule has 0 aliphatic heterocycles. The quantitative estimate of drug-likeness (QED) is 0.261. The predicted octanol–water partition coefficient (Wildman–Crippen LogP) is 3.70. The number of hydrogen-bond acceptors (Lipinski definition) is 2. The van der Waals surface area contributed by atoms with Gasteiger partial charge < -0.3 is 15.4 Å². The molecular weight excluding hydrogens is 420 g/mol. The molecule has 1 aromatic carbocycles. The molecule has 6 heteroatoms. The van der Waals surface area contributed by atoms with E-state index in [2.05, 4.69) is 29.5 Å². The standard InChI is InChI=1S/C18H30FN3O.HI/c1-5-23-13-7-6-12-21-17(20-4)22-14-18(2,3)15-8-10-16(19)11-9-15;/h8-11H,5-7,12-14H2,1-4H3,(H2,20,21,22);1H. The Labute approximate surface area is 162 Å². The highest BCUT2D eigenvalue weighted by Gasteiger charge is 2.20. The van der Waals surface area contributed by atoms with Gasteiger partial charge in [-0.3, -0.25) is 4.99 Å². The summed E-state index contributed by atoms with van der Waals surface area (Å²) in [6.07, 6.45) is 2.08. The number of unbranched alkanes of at least 4 members (excludes halogenated alkanes) is 1. The zero-order valence-electron chi connectivity index (χ0n) is 15.2. The number of rotatable bonds is 9. The largest absolute Gasteiger partial charge is 0.382 e. The van der Waals surface area contributed by atoms with Crippen molar-refractivity contribution in [2.45, 2.75) is 39.0 Å². The third kappa shape index (κ3) is 8.82. The van der Waals surface area contributed by atoms with E-state index in [4.69, 9.17) is 4.74 Å². The first-order valence-electron chi connectivity index (χ1n) is 8.28. The Morgan fingerprint density at radius 1 is 1.17 bits per heavy atom. The van der Waals surface area contributed by atoms with Gasteiger partial charge in [0.15, 0.2) is 5.96 Å². The molecule has 0 heterocycles. The molecule has 0 radical (unpaired) electrons. The number of hydrogen-bond donors (Lipinski definition) is 2. The number of ether oxygens (including phenoxy) is 1. The summed E-state index contributed by atoms with van der Waals surface area (Å²) < 4.78 is 18.4. The van der Waals surface area contributed by atoms with Crippen LogP contribution in [0.3, 0.4) is 0 Å². The minimum absolute atomic E-state index is 0. The first-order valence-corrected chi connectivity index (χ1v) is 8.28. The van der Waals surface area contributed by atoms with E-state index in [9.17, 15) is 4.39 Å². The van der Waals surface area contributed by atoms with Crippen LogP contribution in [0.25, 0.3) is 0 Å². The molecule has 1 rings (SSSR count). The third-order valence-corrected chi connectivity index (χ3v) is 3.76. The molecule has 0 saturated heterocycles. The number of aliphatic imine (C=N–C) groups is 1. The van der Waals surface area contributed by atoms with Gasteiger partial charge in [-0.15, -0.1) is 24.0 Å². The van der Waals surface area contributed by atoms with Crippen LogP contribution in [-0.4, -0.2) is 39.3 Å². The Morgan fingerprint density at radius 3 is 2.42 bits per heavy atom. The lowest BCUT2D eigenvalue weighted by Crippen LogP contribution is -2.43. The summed E-state index contributed by atoms with van der Waals surface area (Å²) in [5.74, 6) is 0.582. The lowest BCUT2D eigenvalue weighted by atomic mass is 9.84. The molecule has 24 heavy (non-hydrogen) atoms. The second kappa shape index (κ2) is 12.5. The van der Waals surface area contributed by atoms with E-state index in [-0.39, 0.29) is 35.2 Å². The molecule has 0 aromatic heterocycles. The molecule has 0 amide bonds. The molecule has 0 unspecified atom stereocenters. The van der Waals surface area contributed by atoms with Crippen molar-refractivity contribution in [2.24, 2.45) is 4.99 Å². The second-order valence-electron chi connectivity index (χ2n) is 6.15. The van der Waals surface area contributed by atoms with Crippen molar-refractivity contribution in [2.75, 3.05) is 33.4 Å². The van der Waals surface area contributed by atoms with E-state index in [1.54, 1.807) is 7.05 Å². The van der Waals surface area contributed by atoms with Gasteiger partial charge in [0.2, 0.25) is 0 Å². The van der Waals surface area contributed by atoms with E-state index < -0.39 is 0 Å². The summed E-state index contributed by atoms with van der Waals surface area (Å²) in [6, 6.07) is 6.67. The summed E-state index contributed by atoms with van der Waals surface area (Å²) >= 11 is 0. The fourth-order valence-electron chi connectivity index (χ4n) is 2.21. The molecule has 2 N–H and O–H groups in total. The van der Waals surface area contributed by atoms with Gasteiger partial charge in [-0.05, 0) is 37.5 Å². The van der Waals surface area contributed by atoms with E-state index in [1.165, 1.54) is 12.1 Å². The number of nitrogens with zero attached hydrogens (tertiary/aromatic N) is 1. The van der Waals surface area contributed by atoms with Crippen molar-refractivity contribution < 1.29 is 9.13 Å². The van der Waals surface area contributed by atoms with E-state index in [0.717, 1.165) is 50.7 Å². The molecule has 0 spiro atoms. The fraction of sp³-hybridized carbons (Fsp3) is 0.611. The van der Waals surface area contributed by atoms with Gasteiger partial charge in [0.25, 0.3) is 0 Å². The Hall–Kier alpha value is -0.890. The zero-order valence-corrected chi connectivity index (χ0v) is 17.5. The molecule has 4 nitrogen and oxygen atoms in total. The van der Waals surface area contributed by atoms with Crippen LogP contribution in [0.5, 0.6) is 0 Å². The average Bonchev–Trinajstić information content (AvgIpc) is 2.54. The summed E-state index contributed by atoms with van der Waals surface area (Å²) in [5, 5.41) is 6.64. The number of guanidine groups is 1. The van der Waals surface area contributed by atoms with Crippen LogP contribution < -0.4 is 10.6 Å². The lowest BCUT2D eigenvalue weighted by Gasteiger charge is -2.26. The summed E-state index contributed by atoms with van der Waals surface area (Å²) in [4.78, 5) is 4.24. The molecule has 0 aliphatic rings. The maximum absolute atomic E-state index is 13.0. The summed E-state index contributed by atoms with van der Waals surface area (Å²) in [6.45, 7) is 9.43. The molecule has 0 aliphatic carbocycles. The van der Waals surface area contributed by atoms with Crippen LogP contribution in [0.4, 0.5) is 4.39 Å². The minimum Gasteiger partial charge on any atom is -0.382 e. The number of nitrogens with one attached hydrogen (secondary N) is 2. The van der Waals surface area contributed by atoms with Crippen LogP contribution in [0.1, 0.15) is 39.2 Å². The highest BCUT2D eigenvalue weighted by Crippen LogP contribution is 2.22. The average molecular weight is 451 g/mol. The second-order valence-corrected chi connectivity index (χ2v) is 6.15. The SMILES string of the molecule is CCOCCCCNC(=NC)NCC(C)(C)c1ccc(F)cc1.I. The third-order valence-electron chi connectivity index (χ3n) is 3.76. The highest BCUT2D eigenvalue weighted by atomic mass is 127. The van der Waals surface area contributed by atoms with Gasteiger partial charge in [0.1, 0.15) is 5.82 Å². The van der Waals surface area contributed by atoms with Crippen molar-refractivity contribution in [1.82, 2.24) is 10.6 Å². The van der Waals surface area contributed by atoms with Crippen LogP contribution >= 0.6 is 24.0 Å². The molecule has 1 aromatic rings. The van der Waals surface area contributed by atoms with Crippen LogP contribution in [0, 0.1) is 5.82 Å².